The van der Waals surface area contributed by atoms with E-state index in [1.807, 2.05) is 6.92 Å². The molecule has 6 heavy (non-hydrogen) atoms. The van der Waals surface area contributed by atoms with Gasteiger partial charge in [-0.25, -0.2) is 0 Å². The molecule has 2 heteroatoms. The average molecular weight is 85.1 g/mol. The van der Waals surface area contributed by atoms with E-state index in [0.29, 0.717) is 0 Å². The second-order valence-electron chi connectivity index (χ2n) is 1.07. The standard InChI is InChI=1S/C4H9N2/c1-4(2)6-5-3/h5H,1H2,2-3H3. The summed E-state index contributed by atoms with van der Waals surface area (Å²) in [7, 11) is 1.74. The van der Waals surface area contributed by atoms with Gasteiger partial charge in [0.1, 0.15) is 0 Å². The summed E-state index contributed by atoms with van der Waals surface area (Å²) in [6.07, 6.45) is 0. The van der Waals surface area contributed by atoms with Crippen LogP contribution in [0.3, 0.4) is 0 Å². The molecule has 0 fully saturated rings. The first kappa shape index (κ1) is 5.47. The molecule has 0 aromatic rings. The lowest BCUT2D eigenvalue weighted by Gasteiger charge is -1.84. The van der Waals surface area contributed by atoms with Crippen molar-refractivity contribution in [1.82, 2.24) is 5.43 Å². The molecule has 0 heterocycles. The molecule has 0 spiro atoms. The molecule has 0 amide bonds. The van der Waals surface area contributed by atoms with Crippen LogP contribution in [0, 0.1) is 6.92 Å². The zero-order valence-corrected chi connectivity index (χ0v) is 4.15. The SMILES string of the molecule is [CH2]C(C)=NNC. The summed E-state index contributed by atoms with van der Waals surface area (Å²) in [6.45, 7) is 5.35. The largest absolute Gasteiger partial charge is 0.313 e. The molecular formula is C4H9N2. The topological polar surface area (TPSA) is 24.4 Å². The molecule has 1 N–H and O–H groups in total. The monoisotopic (exact) mass is 85.1 g/mol. The second kappa shape index (κ2) is 2.69. The number of nitrogens with zero attached hydrogens (tertiary/aromatic N) is 1. The maximum Gasteiger partial charge on any atom is 0.0351 e. The third-order valence-electron chi connectivity index (χ3n) is 0.303. The highest BCUT2D eigenvalue weighted by Gasteiger charge is 1.67. The van der Waals surface area contributed by atoms with Gasteiger partial charge in [0.05, 0.1) is 0 Å². The van der Waals surface area contributed by atoms with Crippen LogP contribution in [-0.4, -0.2) is 12.8 Å². The minimum atomic E-state index is 0.803. The predicted octanol–water partition coefficient (Wildman–Crippen LogP) is 0.416. The van der Waals surface area contributed by atoms with Gasteiger partial charge >= 0.3 is 0 Å². The summed E-state index contributed by atoms with van der Waals surface area (Å²) in [6, 6.07) is 0. The van der Waals surface area contributed by atoms with Gasteiger partial charge in [0.15, 0.2) is 0 Å². The number of hydrazone groups is 1. The third-order valence-corrected chi connectivity index (χ3v) is 0.303. The summed E-state index contributed by atoms with van der Waals surface area (Å²) in [5.74, 6) is 0. The quantitative estimate of drug-likeness (QED) is 0.362. The smallest absolute Gasteiger partial charge is 0.0351 e. The van der Waals surface area contributed by atoms with E-state index < -0.39 is 0 Å². The van der Waals surface area contributed by atoms with Crippen LogP contribution in [0.4, 0.5) is 0 Å². The van der Waals surface area contributed by atoms with Gasteiger partial charge in [-0.2, -0.15) is 5.10 Å². The minimum absolute atomic E-state index is 0.803. The summed E-state index contributed by atoms with van der Waals surface area (Å²) in [5.41, 5.74) is 3.40. The van der Waals surface area contributed by atoms with E-state index in [1.165, 1.54) is 0 Å². The van der Waals surface area contributed by atoms with Crippen LogP contribution in [0.15, 0.2) is 5.10 Å². The Morgan fingerprint density at radius 3 is 2.33 bits per heavy atom. The van der Waals surface area contributed by atoms with Gasteiger partial charge in [-0.1, -0.05) is 0 Å². The lowest BCUT2D eigenvalue weighted by molar-refractivity contribution is 0.901. The van der Waals surface area contributed by atoms with E-state index in [-0.39, 0.29) is 0 Å². The fraction of sp³-hybridized carbons (Fsp3) is 0.500. The predicted molar refractivity (Wildman–Crippen MR) is 27.5 cm³/mol. The highest BCUT2D eigenvalue weighted by atomic mass is 15.3. The van der Waals surface area contributed by atoms with Crippen LogP contribution in [0.2, 0.25) is 0 Å². The summed E-state index contributed by atoms with van der Waals surface area (Å²) in [4.78, 5) is 0. The molecule has 0 saturated heterocycles. The molecule has 0 atom stereocenters. The maximum atomic E-state index is 3.68. The Morgan fingerprint density at radius 1 is 1.83 bits per heavy atom. The van der Waals surface area contributed by atoms with Crippen LogP contribution in [-0.2, 0) is 0 Å². The van der Waals surface area contributed by atoms with Crippen molar-refractivity contribution < 1.29 is 0 Å². The summed E-state index contributed by atoms with van der Waals surface area (Å²) < 4.78 is 0. The molecule has 0 aromatic heterocycles. The minimum Gasteiger partial charge on any atom is -0.313 e. The zero-order chi connectivity index (χ0) is 4.99. The molecule has 0 aromatic carbocycles. The number of nitrogens with one attached hydrogen (secondary N) is 1. The highest BCUT2D eigenvalue weighted by Crippen LogP contribution is 1.62. The first-order chi connectivity index (χ1) is 2.77. The Hall–Kier alpha value is -0.530. The molecule has 2 nitrogen and oxygen atoms in total. The Balaban J connectivity index is 3.14. The van der Waals surface area contributed by atoms with Gasteiger partial charge < -0.3 is 5.43 Å². The van der Waals surface area contributed by atoms with Crippen molar-refractivity contribution in [2.24, 2.45) is 5.10 Å². The summed E-state index contributed by atoms with van der Waals surface area (Å²) in [5, 5.41) is 3.68. The molecule has 0 aliphatic carbocycles. The average Bonchev–Trinajstić information content (AvgIpc) is 1.35. The van der Waals surface area contributed by atoms with Gasteiger partial charge in [0.2, 0.25) is 0 Å². The molecule has 0 saturated carbocycles. The van der Waals surface area contributed by atoms with Crippen LogP contribution >= 0.6 is 0 Å². The van der Waals surface area contributed by atoms with E-state index in [0.717, 1.165) is 5.71 Å². The molecule has 35 valence electrons. The van der Waals surface area contributed by atoms with Crippen molar-refractivity contribution in [3.05, 3.63) is 6.92 Å². The summed E-state index contributed by atoms with van der Waals surface area (Å²) >= 11 is 0. The van der Waals surface area contributed by atoms with E-state index >= 15 is 0 Å². The molecule has 0 aliphatic heterocycles. The van der Waals surface area contributed by atoms with Crippen molar-refractivity contribution in [3.63, 3.8) is 0 Å². The highest BCUT2D eigenvalue weighted by molar-refractivity contribution is 5.85. The molecule has 0 rings (SSSR count). The van der Waals surface area contributed by atoms with Crippen molar-refractivity contribution in [2.75, 3.05) is 7.05 Å². The van der Waals surface area contributed by atoms with Crippen molar-refractivity contribution >= 4 is 5.71 Å². The van der Waals surface area contributed by atoms with Crippen LogP contribution in [0.1, 0.15) is 6.92 Å². The van der Waals surface area contributed by atoms with E-state index in [9.17, 15) is 0 Å². The Bertz CT molecular complexity index is 52.6. The van der Waals surface area contributed by atoms with Gasteiger partial charge in [-0.05, 0) is 13.8 Å². The first-order valence-electron chi connectivity index (χ1n) is 1.80. The maximum absolute atomic E-state index is 3.68. The molecule has 0 unspecified atom stereocenters. The van der Waals surface area contributed by atoms with Crippen molar-refractivity contribution in [1.29, 1.82) is 0 Å². The first-order valence-corrected chi connectivity index (χ1v) is 1.80. The Morgan fingerprint density at radius 2 is 2.33 bits per heavy atom. The van der Waals surface area contributed by atoms with Crippen molar-refractivity contribution in [3.8, 4) is 0 Å². The number of hydrogen-bond donors (Lipinski definition) is 1. The van der Waals surface area contributed by atoms with Gasteiger partial charge in [0.25, 0.3) is 0 Å². The van der Waals surface area contributed by atoms with E-state index in [4.69, 9.17) is 0 Å². The van der Waals surface area contributed by atoms with Gasteiger partial charge in [-0.3, -0.25) is 0 Å². The molecule has 0 aliphatic rings. The van der Waals surface area contributed by atoms with Crippen molar-refractivity contribution in [2.45, 2.75) is 6.92 Å². The number of rotatable bonds is 1. The zero-order valence-electron chi connectivity index (χ0n) is 4.15. The molecule has 1 radical (unpaired) electrons. The fourth-order valence-electron chi connectivity index (χ4n) is 0.191. The van der Waals surface area contributed by atoms with Crippen LogP contribution in [0.25, 0.3) is 0 Å². The molecule has 0 bridgehead atoms. The van der Waals surface area contributed by atoms with E-state index in [1.54, 1.807) is 7.05 Å². The second-order valence-corrected chi connectivity index (χ2v) is 1.07. The lowest BCUT2D eigenvalue weighted by atomic mass is 10.5. The Kier molecular flexibility index (Phi) is 2.46. The van der Waals surface area contributed by atoms with Crippen LogP contribution < -0.4 is 5.43 Å². The molecular weight excluding hydrogens is 76.1 g/mol. The van der Waals surface area contributed by atoms with E-state index in [2.05, 4.69) is 17.5 Å². The lowest BCUT2D eigenvalue weighted by Crippen LogP contribution is -1.96. The van der Waals surface area contributed by atoms with Gasteiger partial charge in [0, 0.05) is 12.8 Å². The fourth-order valence-corrected chi connectivity index (χ4v) is 0.191. The Labute approximate surface area is 38.2 Å². The number of hydrogen-bond acceptors (Lipinski definition) is 2. The third kappa shape index (κ3) is 3.47. The van der Waals surface area contributed by atoms with Crippen LogP contribution in [0.5, 0.6) is 0 Å². The normalized spacial score (nSPS) is 11.5. The van der Waals surface area contributed by atoms with Gasteiger partial charge in [-0.15, -0.1) is 0 Å².